The van der Waals surface area contributed by atoms with Gasteiger partial charge in [-0.2, -0.15) is 0 Å². The highest BCUT2D eigenvalue weighted by atomic mass is 35.5. The molecule has 0 unspecified atom stereocenters. The van der Waals surface area contributed by atoms with E-state index in [0.717, 1.165) is 11.3 Å². The Morgan fingerprint density at radius 1 is 1.07 bits per heavy atom. The van der Waals surface area contributed by atoms with Crippen LogP contribution in [-0.2, 0) is 0 Å². The number of carbonyl (C=O) groups excluding carboxylic acids is 1. The highest BCUT2D eigenvalue weighted by Gasteiger charge is 2.08. The van der Waals surface area contributed by atoms with E-state index in [4.69, 9.17) is 32.7 Å². The maximum Gasteiger partial charge on any atom is 0.266 e. The Balaban J connectivity index is 2.00. The summed E-state index contributed by atoms with van der Waals surface area (Å²) >= 11 is 13.2. The summed E-state index contributed by atoms with van der Waals surface area (Å²) in [6, 6.07) is 9.89. The van der Waals surface area contributed by atoms with Gasteiger partial charge < -0.3 is 14.5 Å². The molecule has 8 heteroatoms. The van der Waals surface area contributed by atoms with Gasteiger partial charge in [0.15, 0.2) is 5.78 Å². The summed E-state index contributed by atoms with van der Waals surface area (Å²) in [6.45, 7) is 0. The number of ketones is 1. The number of rotatable bonds is 5. The van der Waals surface area contributed by atoms with Crippen molar-refractivity contribution in [1.29, 1.82) is 0 Å². The van der Waals surface area contributed by atoms with Crippen molar-refractivity contribution in [3.05, 3.63) is 77.1 Å². The molecule has 0 bridgehead atoms. The fourth-order valence-corrected chi connectivity index (χ4v) is 3.78. The van der Waals surface area contributed by atoms with Gasteiger partial charge in [-0.15, -0.1) is 11.3 Å². The van der Waals surface area contributed by atoms with Crippen molar-refractivity contribution >= 4 is 52.5 Å². The number of aromatic amines is 1. The van der Waals surface area contributed by atoms with E-state index in [1.165, 1.54) is 20.3 Å². The first-order valence-electron chi connectivity index (χ1n) is 8.04. The number of nitrogens with one attached hydrogen (secondary N) is 1. The van der Waals surface area contributed by atoms with Gasteiger partial charge in [-0.25, -0.2) is 0 Å². The first-order chi connectivity index (χ1) is 13.4. The maximum absolute atomic E-state index is 12.6. The number of thiazole rings is 1. The van der Waals surface area contributed by atoms with Crippen molar-refractivity contribution in [1.82, 2.24) is 4.98 Å². The predicted molar refractivity (Wildman–Crippen MR) is 113 cm³/mol. The van der Waals surface area contributed by atoms with E-state index in [1.54, 1.807) is 42.5 Å². The highest BCUT2D eigenvalue weighted by molar-refractivity contribution is 7.07. The van der Waals surface area contributed by atoms with Gasteiger partial charge in [0.2, 0.25) is 0 Å². The molecule has 0 spiro atoms. The molecule has 1 heterocycles. The number of hydrogen-bond acceptors (Lipinski definition) is 5. The predicted octanol–water partition coefficient (Wildman–Crippen LogP) is 3.25. The van der Waals surface area contributed by atoms with Crippen LogP contribution in [0.15, 0.2) is 41.2 Å². The van der Waals surface area contributed by atoms with E-state index < -0.39 is 0 Å². The molecule has 0 atom stereocenters. The molecule has 0 radical (unpaired) electrons. The standard InChI is InChI=1S/C20H15Cl2NO4S/c1-26-14-5-12(6-15(9-14)27-2)17(24)10-19-23-20(25)18(28-19)7-11-3-4-13(21)8-16(11)22/h3-10H,1-2H3,(H,23,25). The van der Waals surface area contributed by atoms with Gasteiger partial charge in [-0.05, 0) is 35.9 Å². The van der Waals surface area contributed by atoms with E-state index in [2.05, 4.69) is 4.98 Å². The van der Waals surface area contributed by atoms with Gasteiger partial charge >= 0.3 is 0 Å². The van der Waals surface area contributed by atoms with Gasteiger partial charge in [0, 0.05) is 27.8 Å². The van der Waals surface area contributed by atoms with Crippen LogP contribution in [0.4, 0.5) is 0 Å². The van der Waals surface area contributed by atoms with Crippen LogP contribution < -0.4 is 24.2 Å². The number of Topliss-reactive ketones (excluding diaryl/α,β-unsaturated/α-hetero) is 1. The molecule has 0 saturated carbocycles. The average molecular weight is 436 g/mol. The summed E-state index contributed by atoms with van der Waals surface area (Å²) in [5.41, 5.74) is 0.740. The molecule has 5 nitrogen and oxygen atoms in total. The minimum absolute atomic E-state index is 0.286. The monoisotopic (exact) mass is 435 g/mol. The zero-order valence-electron chi connectivity index (χ0n) is 14.9. The molecular formula is C20H15Cl2NO4S. The summed E-state index contributed by atoms with van der Waals surface area (Å²) in [6.07, 6.45) is 3.01. The lowest BCUT2D eigenvalue weighted by atomic mass is 10.1. The maximum atomic E-state index is 12.6. The van der Waals surface area contributed by atoms with E-state index in [-0.39, 0.29) is 11.3 Å². The molecule has 0 aliphatic rings. The third-order valence-electron chi connectivity index (χ3n) is 3.83. The molecule has 1 N–H and O–H groups in total. The number of ether oxygens (including phenoxy) is 2. The molecular weight excluding hydrogens is 421 g/mol. The number of halogens is 2. The Bertz CT molecular complexity index is 1190. The topological polar surface area (TPSA) is 68.4 Å². The second-order valence-electron chi connectivity index (χ2n) is 5.70. The Labute approximate surface area is 174 Å². The minimum atomic E-state index is -0.307. The van der Waals surface area contributed by atoms with Crippen molar-refractivity contribution in [2.24, 2.45) is 0 Å². The van der Waals surface area contributed by atoms with Crippen LogP contribution in [0.2, 0.25) is 10.0 Å². The first kappa shape index (κ1) is 20.2. The van der Waals surface area contributed by atoms with Crippen LogP contribution in [0.5, 0.6) is 11.5 Å². The quantitative estimate of drug-likeness (QED) is 0.624. The van der Waals surface area contributed by atoms with Crippen molar-refractivity contribution in [3.63, 3.8) is 0 Å². The molecule has 0 fully saturated rings. The third-order valence-corrected chi connectivity index (χ3v) is 5.35. The second-order valence-corrected chi connectivity index (χ2v) is 7.63. The van der Waals surface area contributed by atoms with E-state index in [0.29, 0.717) is 41.9 Å². The molecule has 144 valence electrons. The molecule has 28 heavy (non-hydrogen) atoms. The molecule has 0 aliphatic heterocycles. The van der Waals surface area contributed by atoms with Gasteiger partial charge in [-0.1, -0.05) is 29.3 Å². The van der Waals surface area contributed by atoms with Crippen molar-refractivity contribution in [2.75, 3.05) is 14.2 Å². The molecule has 0 saturated heterocycles. The summed E-state index contributed by atoms with van der Waals surface area (Å²) < 4.78 is 11.2. The number of carbonyl (C=O) groups is 1. The number of methoxy groups -OCH3 is 2. The van der Waals surface area contributed by atoms with Crippen LogP contribution in [0.3, 0.4) is 0 Å². The van der Waals surface area contributed by atoms with Crippen LogP contribution in [0.25, 0.3) is 12.2 Å². The smallest absolute Gasteiger partial charge is 0.266 e. The lowest BCUT2D eigenvalue weighted by Gasteiger charge is -2.06. The summed E-state index contributed by atoms with van der Waals surface area (Å²) in [4.78, 5) is 27.5. The van der Waals surface area contributed by atoms with E-state index in [9.17, 15) is 9.59 Å². The van der Waals surface area contributed by atoms with Crippen LogP contribution in [-0.4, -0.2) is 25.0 Å². The number of H-pyrrole nitrogens is 1. The summed E-state index contributed by atoms with van der Waals surface area (Å²) in [5, 5.41) is 0.945. The largest absolute Gasteiger partial charge is 0.497 e. The Morgan fingerprint density at radius 3 is 2.36 bits per heavy atom. The van der Waals surface area contributed by atoms with Crippen LogP contribution in [0, 0.1) is 0 Å². The van der Waals surface area contributed by atoms with Crippen LogP contribution >= 0.6 is 34.5 Å². The van der Waals surface area contributed by atoms with Crippen LogP contribution in [0.1, 0.15) is 15.9 Å². The fraction of sp³-hybridized carbons (Fsp3) is 0.100. The number of benzene rings is 2. The molecule has 1 aromatic heterocycles. The zero-order valence-corrected chi connectivity index (χ0v) is 17.2. The number of aromatic nitrogens is 1. The number of hydrogen-bond donors (Lipinski definition) is 1. The fourth-order valence-electron chi connectivity index (χ4n) is 2.44. The average Bonchev–Trinajstić information content (AvgIpc) is 3.02. The lowest BCUT2D eigenvalue weighted by Crippen LogP contribution is -2.20. The normalized spacial score (nSPS) is 12.3. The molecule has 0 aliphatic carbocycles. The molecule has 2 aromatic carbocycles. The van der Waals surface area contributed by atoms with Gasteiger partial charge in [0.1, 0.15) is 11.5 Å². The van der Waals surface area contributed by atoms with E-state index >= 15 is 0 Å². The zero-order chi connectivity index (χ0) is 20.3. The Morgan fingerprint density at radius 2 is 1.75 bits per heavy atom. The third kappa shape index (κ3) is 4.65. The van der Waals surface area contributed by atoms with Gasteiger partial charge in [0.25, 0.3) is 5.56 Å². The first-order valence-corrected chi connectivity index (χ1v) is 9.62. The molecule has 3 aromatic rings. The second kappa shape index (κ2) is 8.65. The minimum Gasteiger partial charge on any atom is -0.497 e. The van der Waals surface area contributed by atoms with E-state index in [1.807, 2.05) is 0 Å². The van der Waals surface area contributed by atoms with Gasteiger partial charge in [0.05, 0.1) is 23.4 Å². The lowest BCUT2D eigenvalue weighted by molar-refractivity contribution is 0.106. The van der Waals surface area contributed by atoms with Gasteiger partial charge in [-0.3, -0.25) is 9.59 Å². The Kier molecular flexibility index (Phi) is 6.24. The van der Waals surface area contributed by atoms with Crippen molar-refractivity contribution in [2.45, 2.75) is 0 Å². The summed E-state index contributed by atoms with van der Waals surface area (Å²) in [5.74, 6) is 0.718. The SMILES string of the molecule is COc1cc(OC)cc(C(=O)C=c2[nH]c(=O)c(=Cc3ccc(Cl)cc3Cl)s2)c1. The van der Waals surface area contributed by atoms with Crippen molar-refractivity contribution < 1.29 is 14.3 Å². The molecule has 3 rings (SSSR count). The highest BCUT2D eigenvalue weighted by Crippen LogP contribution is 2.23. The molecule has 0 amide bonds. The van der Waals surface area contributed by atoms with Crippen molar-refractivity contribution in [3.8, 4) is 11.5 Å². The summed E-state index contributed by atoms with van der Waals surface area (Å²) in [7, 11) is 3.01. The Hall–Kier alpha value is -2.54.